The molecule has 2 rings (SSSR count). The predicted octanol–water partition coefficient (Wildman–Crippen LogP) is -0.293. The first kappa shape index (κ1) is 22.1. The van der Waals surface area contributed by atoms with E-state index in [4.69, 9.17) is 14.6 Å². The number of rotatable bonds is 7. The molecule has 9 nitrogen and oxygen atoms in total. The molecule has 0 unspecified atom stereocenters. The highest BCUT2D eigenvalue weighted by atomic mass is 16.7. The van der Waals surface area contributed by atoms with Crippen LogP contribution in [0.15, 0.2) is 23.8 Å². The standard InChI is InChI=1S/C19H26O9/c1-9(2)3-4-10-11(7-15(22)23)12(21)5-6-13(10)27-19-18(26)17(25)16(24)14(8-20)28-19/h3,5-6,14,16-21,24-26H,4,7-8H2,1-2H3,(H,22,23)/t14-,16-,17+,18-,19-/m1/s1. The van der Waals surface area contributed by atoms with E-state index in [1.807, 2.05) is 19.9 Å². The molecular formula is C19H26O9. The zero-order valence-corrected chi connectivity index (χ0v) is 15.6. The zero-order chi connectivity index (χ0) is 21.0. The summed E-state index contributed by atoms with van der Waals surface area (Å²) in [5.41, 5.74) is 1.51. The van der Waals surface area contributed by atoms with Crippen molar-refractivity contribution in [1.29, 1.82) is 0 Å². The summed E-state index contributed by atoms with van der Waals surface area (Å²) < 4.78 is 11.0. The summed E-state index contributed by atoms with van der Waals surface area (Å²) in [5.74, 6) is -1.20. The molecule has 156 valence electrons. The molecule has 1 aliphatic rings. The largest absolute Gasteiger partial charge is 0.508 e. The summed E-state index contributed by atoms with van der Waals surface area (Å²) in [7, 11) is 0. The first-order chi connectivity index (χ1) is 13.1. The summed E-state index contributed by atoms with van der Waals surface area (Å²) >= 11 is 0. The van der Waals surface area contributed by atoms with E-state index in [2.05, 4.69) is 0 Å². The summed E-state index contributed by atoms with van der Waals surface area (Å²) in [6, 6.07) is 2.67. The molecule has 0 amide bonds. The monoisotopic (exact) mass is 398 g/mol. The summed E-state index contributed by atoms with van der Waals surface area (Å²) in [5, 5.41) is 58.5. The average Bonchev–Trinajstić information content (AvgIpc) is 2.63. The number of hydrogen-bond acceptors (Lipinski definition) is 8. The van der Waals surface area contributed by atoms with Gasteiger partial charge in [0.1, 0.15) is 35.9 Å². The van der Waals surface area contributed by atoms with Crippen LogP contribution in [0.3, 0.4) is 0 Å². The van der Waals surface area contributed by atoms with Crippen molar-refractivity contribution in [2.24, 2.45) is 0 Å². The lowest BCUT2D eigenvalue weighted by molar-refractivity contribution is -0.277. The van der Waals surface area contributed by atoms with Gasteiger partial charge >= 0.3 is 5.97 Å². The summed E-state index contributed by atoms with van der Waals surface area (Å²) in [4.78, 5) is 11.2. The van der Waals surface area contributed by atoms with Crippen LogP contribution in [0.4, 0.5) is 0 Å². The van der Waals surface area contributed by atoms with Crippen molar-refractivity contribution in [2.75, 3.05) is 6.61 Å². The maximum Gasteiger partial charge on any atom is 0.307 e. The van der Waals surface area contributed by atoms with Gasteiger partial charge in [-0.25, -0.2) is 0 Å². The first-order valence-electron chi connectivity index (χ1n) is 8.81. The van der Waals surface area contributed by atoms with E-state index < -0.39 is 49.7 Å². The van der Waals surface area contributed by atoms with E-state index >= 15 is 0 Å². The van der Waals surface area contributed by atoms with Crippen molar-refractivity contribution in [3.63, 3.8) is 0 Å². The van der Waals surface area contributed by atoms with E-state index in [1.165, 1.54) is 12.1 Å². The molecule has 0 bridgehead atoms. The second-order valence-corrected chi connectivity index (χ2v) is 6.91. The summed E-state index contributed by atoms with van der Waals surface area (Å²) in [6.45, 7) is 3.12. The predicted molar refractivity (Wildman–Crippen MR) is 97.0 cm³/mol. The molecule has 0 saturated carbocycles. The fourth-order valence-corrected chi connectivity index (χ4v) is 2.94. The Kier molecular flexibility index (Phi) is 7.39. The number of aromatic hydroxyl groups is 1. The van der Waals surface area contributed by atoms with Crippen LogP contribution in [-0.4, -0.2) is 73.9 Å². The Balaban J connectivity index is 2.40. The molecule has 1 aliphatic heterocycles. The van der Waals surface area contributed by atoms with Gasteiger partial charge in [0.25, 0.3) is 0 Å². The normalized spacial score (nSPS) is 27.3. The lowest BCUT2D eigenvalue weighted by Gasteiger charge is -2.39. The van der Waals surface area contributed by atoms with Crippen molar-refractivity contribution < 1.29 is 44.9 Å². The number of carboxylic acid groups (broad SMARTS) is 1. The number of hydrogen-bond donors (Lipinski definition) is 6. The van der Waals surface area contributed by atoms with E-state index in [-0.39, 0.29) is 23.5 Å². The molecular weight excluding hydrogens is 372 g/mol. The van der Waals surface area contributed by atoms with Gasteiger partial charge in [0.05, 0.1) is 13.0 Å². The van der Waals surface area contributed by atoms with E-state index in [0.717, 1.165) is 5.57 Å². The first-order valence-corrected chi connectivity index (χ1v) is 8.81. The van der Waals surface area contributed by atoms with Crippen LogP contribution in [-0.2, 0) is 22.4 Å². The second-order valence-electron chi connectivity index (χ2n) is 6.91. The number of allylic oxidation sites excluding steroid dienone is 2. The third kappa shape index (κ3) is 5.00. The highest BCUT2D eigenvalue weighted by molar-refractivity contribution is 5.73. The van der Waals surface area contributed by atoms with E-state index in [1.54, 1.807) is 0 Å². The summed E-state index contributed by atoms with van der Waals surface area (Å²) in [6.07, 6.45) is -5.65. The topological polar surface area (TPSA) is 157 Å². The number of ether oxygens (including phenoxy) is 2. The maximum atomic E-state index is 11.2. The third-order valence-corrected chi connectivity index (χ3v) is 4.50. The number of phenols is 1. The third-order valence-electron chi connectivity index (χ3n) is 4.50. The molecule has 28 heavy (non-hydrogen) atoms. The number of aliphatic hydroxyl groups excluding tert-OH is 4. The molecule has 6 N–H and O–H groups in total. The lowest BCUT2D eigenvalue weighted by atomic mass is 9.97. The lowest BCUT2D eigenvalue weighted by Crippen LogP contribution is -2.60. The number of aliphatic hydroxyl groups is 4. The van der Waals surface area contributed by atoms with Gasteiger partial charge in [-0.15, -0.1) is 0 Å². The molecule has 0 aliphatic carbocycles. The van der Waals surface area contributed by atoms with Crippen molar-refractivity contribution in [2.45, 2.75) is 57.4 Å². The van der Waals surface area contributed by atoms with Gasteiger partial charge in [-0.1, -0.05) is 11.6 Å². The molecule has 0 spiro atoms. The average molecular weight is 398 g/mol. The Morgan fingerprint density at radius 1 is 1.14 bits per heavy atom. The van der Waals surface area contributed by atoms with Crippen LogP contribution >= 0.6 is 0 Å². The number of carboxylic acids is 1. The molecule has 9 heteroatoms. The molecule has 0 aromatic heterocycles. The van der Waals surface area contributed by atoms with Crippen LogP contribution in [0.1, 0.15) is 25.0 Å². The number of aliphatic carboxylic acids is 1. The Morgan fingerprint density at radius 3 is 2.39 bits per heavy atom. The van der Waals surface area contributed by atoms with Gasteiger partial charge in [0.2, 0.25) is 6.29 Å². The Morgan fingerprint density at radius 2 is 1.82 bits per heavy atom. The highest BCUT2D eigenvalue weighted by Gasteiger charge is 2.45. The van der Waals surface area contributed by atoms with Gasteiger partial charge in [-0.3, -0.25) is 4.79 Å². The van der Waals surface area contributed by atoms with Crippen molar-refractivity contribution in [3.8, 4) is 11.5 Å². The van der Waals surface area contributed by atoms with Crippen molar-refractivity contribution in [3.05, 3.63) is 34.9 Å². The van der Waals surface area contributed by atoms with Crippen LogP contribution in [0.5, 0.6) is 11.5 Å². The molecule has 5 atom stereocenters. The fraction of sp³-hybridized carbons (Fsp3) is 0.526. The number of benzene rings is 1. The second kappa shape index (κ2) is 9.35. The van der Waals surface area contributed by atoms with Gasteiger partial charge in [-0.05, 0) is 32.4 Å². The van der Waals surface area contributed by atoms with Crippen molar-refractivity contribution in [1.82, 2.24) is 0 Å². The number of phenolic OH excluding ortho intramolecular Hbond substituents is 1. The van der Waals surface area contributed by atoms with Crippen LogP contribution < -0.4 is 4.74 Å². The molecule has 1 heterocycles. The Hall–Kier alpha value is -2.17. The number of carbonyl (C=O) groups is 1. The Labute approximate surface area is 162 Å². The molecule has 1 aromatic carbocycles. The van der Waals surface area contributed by atoms with Crippen LogP contribution in [0, 0.1) is 0 Å². The van der Waals surface area contributed by atoms with Crippen molar-refractivity contribution >= 4 is 5.97 Å². The molecule has 1 aromatic rings. The highest BCUT2D eigenvalue weighted by Crippen LogP contribution is 2.34. The SMILES string of the molecule is CC(C)=CCc1c(O[C@@H]2O[C@H](CO)[C@@H](O)[C@H](O)[C@H]2O)ccc(O)c1CC(=O)O. The van der Waals surface area contributed by atoms with Gasteiger partial charge in [-0.2, -0.15) is 0 Å². The van der Waals surface area contributed by atoms with Crippen LogP contribution in [0.25, 0.3) is 0 Å². The maximum absolute atomic E-state index is 11.2. The van der Waals surface area contributed by atoms with Gasteiger partial charge in [0, 0.05) is 11.1 Å². The fourth-order valence-electron chi connectivity index (χ4n) is 2.94. The van der Waals surface area contributed by atoms with Gasteiger partial charge in [0.15, 0.2) is 0 Å². The molecule has 1 saturated heterocycles. The van der Waals surface area contributed by atoms with Gasteiger partial charge < -0.3 is 40.1 Å². The molecule has 1 fully saturated rings. The van der Waals surface area contributed by atoms with E-state index in [9.17, 15) is 30.3 Å². The molecule has 0 radical (unpaired) electrons. The minimum atomic E-state index is -1.61. The smallest absolute Gasteiger partial charge is 0.307 e. The van der Waals surface area contributed by atoms with E-state index in [0.29, 0.717) is 5.56 Å². The minimum Gasteiger partial charge on any atom is -0.508 e. The quantitative estimate of drug-likeness (QED) is 0.340. The minimum absolute atomic E-state index is 0.149. The van der Waals surface area contributed by atoms with Crippen LogP contribution in [0.2, 0.25) is 0 Å². The zero-order valence-electron chi connectivity index (χ0n) is 15.6. The Bertz CT molecular complexity index is 724.